The van der Waals surface area contributed by atoms with Crippen LogP contribution in [0, 0.1) is 12.7 Å². The summed E-state index contributed by atoms with van der Waals surface area (Å²) in [4.78, 5) is 0. The number of hydrogen-bond acceptors (Lipinski definition) is 3. The van der Waals surface area contributed by atoms with Crippen molar-refractivity contribution in [2.45, 2.75) is 52.9 Å². The zero-order valence-corrected chi connectivity index (χ0v) is 13.6. The van der Waals surface area contributed by atoms with Gasteiger partial charge in [0.2, 0.25) is 0 Å². The molecule has 0 aliphatic heterocycles. The number of hydrogen-bond donors (Lipinski definition) is 1. The second-order valence-corrected chi connectivity index (χ2v) is 5.11. The summed E-state index contributed by atoms with van der Waals surface area (Å²) >= 11 is 0. The van der Waals surface area contributed by atoms with Crippen molar-refractivity contribution < 1.29 is 13.9 Å². The van der Waals surface area contributed by atoms with Gasteiger partial charge in [0, 0.05) is 13.2 Å². The van der Waals surface area contributed by atoms with Crippen LogP contribution in [0.3, 0.4) is 0 Å². The van der Waals surface area contributed by atoms with Crippen LogP contribution >= 0.6 is 0 Å². The first-order chi connectivity index (χ1) is 10.1. The molecule has 0 saturated carbocycles. The molecule has 0 fully saturated rings. The standard InChI is InChI=1S/C17H28FNO2/c1-5-10-19-16(17(20-6-2)21-7-3)12-14-8-9-15(18)11-13(14)4/h8-9,11,16-17,19H,5-7,10,12H2,1-4H3. The number of nitrogens with one attached hydrogen (secondary N) is 1. The van der Waals surface area contributed by atoms with E-state index in [1.165, 1.54) is 6.07 Å². The predicted octanol–water partition coefficient (Wildman–Crippen LogP) is 3.44. The smallest absolute Gasteiger partial charge is 0.172 e. The molecule has 0 amide bonds. The Bertz CT molecular complexity index is 406. The van der Waals surface area contributed by atoms with Crippen molar-refractivity contribution in [2.75, 3.05) is 19.8 Å². The highest BCUT2D eigenvalue weighted by molar-refractivity contribution is 5.27. The first-order valence-electron chi connectivity index (χ1n) is 7.83. The van der Waals surface area contributed by atoms with Gasteiger partial charge in [0.15, 0.2) is 6.29 Å². The van der Waals surface area contributed by atoms with Gasteiger partial charge in [0.05, 0.1) is 6.04 Å². The lowest BCUT2D eigenvalue weighted by Gasteiger charge is -2.28. The van der Waals surface area contributed by atoms with E-state index in [4.69, 9.17) is 9.47 Å². The fraction of sp³-hybridized carbons (Fsp3) is 0.647. The summed E-state index contributed by atoms with van der Waals surface area (Å²) in [5.41, 5.74) is 2.08. The lowest BCUT2D eigenvalue weighted by atomic mass is 10.0. The van der Waals surface area contributed by atoms with Crippen molar-refractivity contribution in [2.24, 2.45) is 0 Å². The number of rotatable bonds is 10. The van der Waals surface area contributed by atoms with E-state index in [0.717, 1.165) is 30.5 Å². The van der Waals surface area contributed by atoms with E-state index < -0.39 is 0 Å². The van der Waals surface area contributed by atoms with Gasteiger partial charge in [-0.3, -0.25) is 0 Å². The molecule has 0 aliphatic rings. The van der Waals surface area contributed by atoms with Gasteiger partial charge in [-0.25, -0.2) is 4.39 Å². The minimum absolute atomic E-state index is 0.0639. The monoisotopic (exact) mass is 297 g/mol. The highest BCUT2D eigenvalue weighted by atomic mass is 19.1. The number of benzene rings is 1. The van der Waals surface area contributed by atoms with Gasteiger partial charge >= 0.3 is 0 Å². The summed E-state index contributed by atoms with van der Waals surface area (Å²) in [6.45, 7) is 10.1. The fourth-order valence-corrected chi connectivity index (χ4v) is 2.33. The van der Waals surface area contributed by atoms with Crippen molar-refractivity contribution in [3.8, 4) is 0 Å². The molecule has 120 valence electrons. The quantitative estimate of drug-likeness (QED) is 0.671. The second-order valence-electron chi connectivity index (χ2n) is 5.11. The van der Waals surface area contributed by atoms with Gasteiger partial charge < -0.3 is 14.8 Å². The van der Waals surface area contributed by atoms with Gasteiger partial charge in [0.25, 0.3) is 0 Å². The zero-order valence-electron chi connectivity index (χ0n) is 13.6. The molecule has 21 heavy (non-hydrogen) atoms. The van der Waals surface area contributed by atoms with Crippen LogP contribution in [0.2, 0.25) is 0 Å². The van der Waals surface area contributed by atoms with Crippen LogP contribution in [-0.4, -0.2) is 32.1 Å². The lowest BCUT2D eigenvalue weighted by Crippen LogP contribution is -2.45. The Morgan fingerprint density at radius 1 is 1.14 bits per heavy atom. The molecule has 1 atom stereocenters. The van der Waals surface area contributed by atoms with Crippen LogP contribution in [0.25, 0.3) is 0 Å². The molecule has 3 nitrogen and oxygen atoms in total. The second kappa shape index (κ2) is 9.87. The van der Waals surface area contributed by atoms with Gasteiger partial charge in [-0.15, -0.1) is 0 Å². The summed E-state index contributed by atoms with van der Waals surface area (Å²) in [5.74, 6) is -0.194. The molecule has 0 radical (unpaired) electrons. The maximum Gasteiger partial charge on any atom is 0.172 e. The van der Waals surface area contributed by atoms with Crippen LogP contribution in [0.1, 0.15) is 38.3 Å². The van der Waals surface area contributed by atoms with Gasteiger partial charge in [-0.05, 0) is 63.4 Å². The maximum atomic E-state index is 13.2. The Hall–Kier alpha value is -0.970. The summed E-state index contributed by atoms with van der Waals surface area (Å²) in [6.07, 6.45) is 1.52. The van der Waals surface area contributed by atoms with E-state index in [1.807, 2.05) is 26.8 Å². The van der Waals surface area contributed by atoms with E-state index in [2.05, 4.69) is 12.2 Å². The minimum atomic E-state index is -0.281. The molecule has 0 aliphatic carbocycles. The Balaban J connectivity index is 2.84. The molecule has 1 unspecified atom stereocenters. The third kappa shape index (κ3) is 6.12. The average molecular weight is 297 g/mol. The molecular weight excluding hydrogens is 269 g/mol. The summed E-state index contributed by atoms with van der Waals surface area (Å²) in [6, 6.07) is 4.99. The Morgan fingerprint density at radius 3 is 2.33 bits per heavy atom. The summed E-state index contributed by atoms with van der Waals surface area (Å²) < 4.78 is 24.7. The third-order valence-electron chi connectivity index (χ3n) is 3.39. The minimum Gasteiger partial charge on any atom is -0.351 e. The van der Waals surface area contributed by atoms with Crippen molar-refractivity contribution in [1.82, 2.24) is 5.32 Å². The molecule has 1 rings (SSSR count). The fourth-order valence-electron chi connectivity index (χ4n) is 2.33. The van der Waals surface area contributed by atoms with Crippen LogP contribution in [0.5, 0.6) is 0 Å². The van der Waals surface area contributed by atoms with Crippen LogP contribution in [0.15, 0.2) is 18.2 Å². The molecule has 0 heterocycles. The normalized spacial score (nSPS) is 12.9. The highest BCUT2D eigenvalue weighted by Gasteiger charge is 2.22. The Kier molecular flexibility index (Phi) is 8.50. The molecular formula is C17H28FNO2. The largest absolute Gasteiger partial charge is 0.351 e. The predicted molar refractivity (Wildman–Crippen MR) is 84.0 cm³/mol. The zero-order chi connectivity index (χ0) is 15.7. The Labute approximate surface area is 127 Å². The van der Waals surface area contributed by atoms with E-state index in [1.54, 1.807) is 6.07 Å². The number of halogens is 1. The maximum absolute atomic E-state index is 13.2. The van der Waals surface area contributed by atoms with Crippen molar-refractivity contribution in [3.63, 3.8) is 0 Å². The summed E-state index contributed by atoms with van der Waals surface area (Å²) in [7, 11) is 0. The first-order valence-corrected chi connectivity index (χ1v) is 7.83. The number of ether oxygens (including phenoxy) is 2. The Morgan fingerprint density at radius 2 is 1.81 bits per heavy atom. The van der Waals surface area contributed by atoms with Gasteiger partial charge in [-0.1, -0.05) is 13.0 Å². The van der Waals surface area contributed by atoms with Gasteiger partial charge in [-0.2, -0.15) is 0 Å². The van der Waals surface area contributed by atoms with Crippen LogP contribution in [-0.2, 0) is 15.9 Å². The van der Waals surface area contributed by atoms with Crippen molar-refractivity contribution in [1.29, 1.82) is 0 Å². The third-order valence-corrected chi connectivity index (χ3v) is 3.39. The lowest BCUT2D eigenvalue weighted by molar-refractivity contribution is -0.153. The molecule has 4 heteroatoms. The molecule has 0 aromatic heterocycles. The van der Waals surface area contributed by atoms with E-state index >= 15 is 0 Å². The molecule has 0 spiro atoms. The van der Waals surface area contributed by atoms with E-state index in [9.17, 15) is 4.39 Å². The molecule has 0 saturated heterocycles. The topological polar surface area (TPSA) is 30.5 Å². The summed E-state index contributed by atoms with van der Waals surface area (Å²) in [5, 5.41) is 3.49. The van der Waals surface area contributed by atoms with E-state index in [-0.39, 0.29) is 18.1 Å². The first kappa shape index (κ1) is 18.1. The van der Waals surface area contributed by atoms with Crippen LogP contribution in [0.4, 0.5) is 4.39 Å². The van der Waals surface area contributed by atoms with Crippen molar-refractivity contribution >= 4 is 0 Å². The van der Waals surface area contributed by atoms with Crippen molar-refractivity contribution in [3.05, 3.63) is 35.1 Å². The van der Waals surface area contributed by atoms with Crippen LogP contribution < -0.4 is 5.32 Å². The highest BCUT2D eigenvalue weighted by Crippen LogP contribution is 2.15. The van der Waals surface area contributed by atoms with E-state index in [0.29, 0.717) is 13.2 Å². The number of aryl methyl sites for hydroxylation is 1. The molecule has 0 bridgehead atoms. The molecule has 1 N–H and O–H groups in total. The molecule has 1 aromatic rings. The SMILES string of the molecule is CCCNC(Cc1ccc(F)cc1C)C(OCC)OCC. The average Bonchev–Trinajstić information content (AvgIpc) is 2.45. The molecule has 1 aromatic carbocycles. The van der Waals surface area contributed by atoms with Gasteiger partial charge in [0.1, 0.15) is 5.82 Å².